The minimum atomic E-state index is -0.897. The highest BCUT2D eigenvalue weighted by molar-refractivity contribution is 6.07. The molecule has 0 spiro atoms. The third kappa shape index (κ3) is 2.75. The minimum absolute atomic E-state index is 0.0398. The molecule has 1 aliphatic heterocycles. The van der Waals surface area contributed by atoms with E-state index in [1.54, 1.807) is 11.8 Å². The number of aromatic nitrogens is 1. The lowest BCUT2D eigenvalue weighted by Crippen LogP contribution is -2.42. The normalized spacial score (nSPS) is 19.5. The number of benzene rings is 2. The Kier molecular flexibility index (Phi) is 3.70. The predicted octanol–water partition coefficient (Wildman–Crippen LogP) is 3.74. The third-order valence-corrected chi connectivity index (χ3v) is 4.86. The molecule has 0 radical (unpaired) electrons. The largest absolute Gasteiger partial charge is 0.385 e. The number of anilines is 1. The smallest absolute Gasteiger partial charge is 0.258 e. The summed E-state index contributed by atoms with van der Waals surface area (Å²) in [5, 5.41) is 10.6. The van der Waals surface area contributed by atoms with E-state index < -0.39 is 5.60 Å². The van der Waals surface area contributed by atoms with E-state index in [1.807, 2.05) is 77.6 Å². The Balaban J connectivity index is 1.65. The van der Waals surface area contributed by atoms with E-state index in [9.17, 15) is 9.90 Å². The van der Waals surface area contributed by atoms with E-state index in [2.05, 4.69) is 0 Å². The van der Waals surface area contributed by atoms with Crippen molar-refractivity contribution in [3.05, 3.63) is 84.2 Å². The predicted molar refractivity (Wildman–Crippen MR) is 98.1 cm³/mol. The van der Waals surface area contributed by atoms with E-state index in [4.69, 9.17) is 0 Å². The maximum atomic E-state index is 13.0. The van der Waals surface area contributed by atoms with Gasteiger partial charge in [-0.05, 0) is 55.8 Å². The second-order valence-electron chi connectivity index (χ2n) is 6.63. The van der Waals surface area contributed by atoms with Crippen molar-refractivity contribution in [3.8, 4) is 5.69 Å². The van der Waals surface area contributed by atoms with Crippen molar-refractivity contribution < 1.29 is 9.90 Å². The fraction of sp³-hybridized carbons (Fsp3) is 0.190. The number of carbonyl (C=O) groups excluding carboxylic acids is 1. The van der Waals surface area contributed by atoms with Crippen LogP contribution in [0.5, 0.6) is 0 Å². The number of amides is 1. The first kappa shape index (κ1) is 15.7. The van der Waals surface area contributed by atoms with Gasteiger partial charge in [-0.3, -0.25) is 4.79 Å². The van der Waals surface area contributed by atoms with Gasteiger partial charge in [-0.2, -0.15) is 0 Å². The van der Waals surface area contributed by atoms with Crippen molar-refractivity contribution in [1.82, 2.24) is 4.57 Å². The van der Waals surface area contributed by atoms with Gasteiger partial charge in [0.1, 0.15) is 0 Å². The van der Waals surface area contributed by atoms with Crippen molar-refractivity contribution in [2.45, 2.75) is 18.9 Å². The summed E-state index contributed by atoms with van der Waals surface area (Å²) in [4.78, 5) is 14.8. The molecule has 126 valence electrons. The molecule has 3 aromatic rings. The molecule has 1 unspecified atom stereocenters. The van der Waals surface area contributed by atoms with Crippen LogP contribution < -0.4 is 4.90 Å². The zero-order valence-corrected chi connectivity index (χ0v) is 14.1. The number of hydrogen-bond donors (Lipinski definition) is 1. The number of rotatable bonds is 2. The van der Waals surface area contributed by atoms with Gasteiger partial charge in [-0.15, -0.1) is 0 Å². The molecule has 1 amide bonds. The van der Waals surface area contributed by atoms with Gasteiger partial charge in [0.25, 0.3) is 5.91 Å². The first-order chi connectivity index (χ1) is 12.1. The minimum Gasteiger partial charge on any atom is -0.385 e. The summed E-state index contributed by atoms with van der Waals surface area (Å²) in [6.45, 7) is 2.31. The van der Waals surface area contributed by atoms with E-state index in [-0.39, 0.29) is 5.91 Å². The summed E-state index contributed by atoms with van der Waals surface area (Å²) < 4.78 is 2.00. The number of aliphatic hydroxyl groups is 1. The lowest BCUT2D eigenvalue weighted by molar-refractivity contribution is 0.0450. The molecule has 25 heavy (non-hydrogen) atoms. The lowest BCUT2D eigenvalue weighted by atomic mass is 9.87. The molecular weight excluding hydrogens is 312 g/mol. The number of nitrogens with zero attached hydrogens (tertiary/aromatic N) is 2. The van der Waals surface area contributed by atoms with Crippen LogP contribution in [0, 0.1) is 0 Å². The monoisotopic (exact) mass is 332 g/mol. The van der Waals surface area contributed by atoms with Gasteiger partial charge in [-0.1, -0.05) is 18.2 Å². The van der Waals surface area contributed by atoms with E-state index in [0.29, 0.717) is 18.5 Å². The standard InChI is InChI=1S/C21H20N2O2/c1-21(25)12-15-23(19-7-3-2-6-18(19)21)20(24)16-8-10-17(11-9-16)22-13-4-5-14-22/h2-11,13-14,25H,12,15H2,1H3. The first-order valence-corrected chi connectivity index (χ1v) is 8.43. The maximum absolute atomic E-state index is 13.0. The van der Waals surface area contributed by atoms with Gasteiger partial charge in [0.2, 0.25) is 0 Å². The van der Waals surface area contributed by atoms with Crippen LogP contribution in [-0.2, 0) is 5.60 Å². The second kappa shape index (κ2) is 5.90. The van der Waals surface area contributed by atoms with Crippen molar-refractivity contribution in [1.29, 1.82) is 0 Å². The summed E-state index contributed by atoms with van der Waals surface area (Å²) in [5.74, 6) is -0.0398. The zero-order valence-electron chi connectivity index (χ0n) is 14.1. The van der Waals surface area contributed by atoms with E-state index >= 15 is 0 Å². The van der Waals surface area contributed by atoms with Gasteiger partial charge >= 0.3 is 0 Å². The molecule has 4 nitrogen and oxygen atoms in total. The van der Waals surface area contributed by atoms with Crippen LogP contribution in [0.4, 0.5) is 5.69 Å². The molecule has 0 saturated heterocycles. The molecule has 0 fully saturated rings. The number of hydrogen-bond acceptors (Lipinski definition) is 2. The van der Waals surface area contributed by atoms with Crippen LogP contribution in [0.15, 0.2) is 73.1 Å². The molecule has 1 N–H and O–H groups in total. The molecule has 2 aromatic carbocycles. The highest BCUT2D eigenvalue weighted by atomic mass is 16.3. The second-order valence-corrected chi connectivity index (χ2v) is 6.63. The number of fused-ring (bicyclic) bond motifs is 1. The Labute approximate surface area is 146 Å². The fourth-order valence-corrected chi connectivity index (χ4v) is 3.40. The van der Waals surface area contributed by atoms with Gasteiger partial charge in [0.05, 0.1) is 11.3 Å². The van der Waals surface area contributed by atoms with Crippen LogP contribution in [0.1, 0.15) is 29.3 Å². The Bertz CT molecular complexity index is 896. The van der Waals surface area contributed by atoms with E-state index in [0.717, 1.165) is 16.9 Å². The molecule has 0 saturated carbocycles. The van der Waals surface area contributed by atoms with Crippen LogP contribution in [0.25, 0.3) is 5.69 Å². The lowest BCUT2D eigenvalue weighted by Gasteiger charge is -2.38. The molecule has 1 aromatic heterocycles. The Morgan fingerprint density at radius 3 is 2.40 bits per heavy atom. The van der Waals surface area contributed by atoms with Gasteiger partial charge in [0, 0.05) is 35.8 Å². The molecule has 1 aliphatic rings. The maximum Gasteiger partial charge on any atom is 0.258 e. The van der Waals surface area contributed by atoms with Crippen molar-refractivity contribution >= 4 is 11.6 Å². The number of para-hydroxylation sites is 1. The van der Waals surface area contributed by atoms with Crippen molar-refractivity contribution in [2.75, 3.05) is 11.4 Å². The zero-order chi connectivity index (χ0) is 17.4. The quantitative estimate of drug-likeness (QED) is 0.777. The van der Waals surface area contributed by atoms with Crippen LogP contribution in [0.3, 0.4) is 0 Å². The highest BCUT2D eigenvalue weighted by Crippen LogP contribution is 2.38. The Hall–Kier alpha value is -2.85. The van der Waals surface area contributed by atoms with Crippen LogP contribution in [-0.4, -0.2) is 22.1 Å². The molecule has 0 aliphatic carbocycles. The number of carbonyl (C=O) groups is 1. The fourth-order valence-electron chi connectivity index (χ4n) is 3.40. The third-order valence-electron chi connectivity index (χ3n) is 4.86. The Morgan fingerprint density at radius 2 is 1.68 bits per heavy atom. The molecule has 0 bridgehead atoms. The van der Waals surface area contributed by atoms with Gasteiger partial charge < -0.3 is 14.6 Å². The average Bonchev–Trinajstić information content (AvgIpc) is 3.16. The van der Waals surface area contributed by atoms with Crippen molar-refractivity contribution in [3.63, 3.8) is 0 Å². The topological polar surface area (TPSA) is 45.5 Å². The average molecular weight is 332 g/mol. The van der Waals surface area contributed by atoms with Gasteiger partial charge in [-0.25, -0.2) is 0 Å². The molecular formula is C21H20N2O2. The first-order valence-electron chi connectivity index (χ1n) is 8.43. The SMILES string of the molecule is CC1(O)CCN(C(=O)c2ccc(-n3cccc3)cc2)c2ccccc21. The summed E-state index contributed by atoms with van der Waals surface area (Å²) in [6, 6.07) is 19.1. The van der Waals surface area contributed by atoms with Gasteiger partial charge in [0.15, 0.2) is 0 Å². The van der Waals surface area contributed by atoms with Crippen LogP contribution >= 0.6 is 0 Å². The summed E-state index contributed by atoms with van der Waals surface area (Å²) >= 11 is 0. The Morgan fingerprint density at radius 1 is 1.00 bits per heavy atom. The van der Waals surface area contributed by atoms with Crippen LogP contribution in [0.2, 0.25) is 0 Å². The molecule has 4 heteroatoms. The van der Waals surface area contributed by atoms with E-state index in [1.165, 1.54) is 0 Å². The summed E-state index contributed by atoms with van der Waals surface area (Å²) in [5.41, 5.74) is 2.36. The summed E-state index contributed by atoms with van der Waals surface area (Å²) in [7, 11) is 0. The summed E-state index contributed by atoms with van der Waals surface area (Å²) in [6.07, 6.45) is 4.47. The molecule has 1 atom stereocenters. The molecule has 2 heterocycles. The molecule has 4 rings (SSSR count). The highest BCUT2D eigenvalue weighted by Gasteiger charge is 2.35. The van der Waals surface area contributed by atoms with Crippen molar-refractivity contribution in [2.24, 2.45) is 0 Å².